The molecule has 2 aromatic rings. The van der Waals surface area contributed by atoms with Crippen molar-refractivity contribution in [2.75, 3.05) is 6.54 Å². The topological polar surface area (TPSA) is 92.0 Å². The molecule has 2 rings (SSSR count). The number of hydrogen-bond acceptors (Lipinski definition) is 4. The van der Waals surface area contributed by atoms with E-state index in [-0.39, 0.29) is 11.6 Å². The highest BCUT2D eigenvalue weighted by Gasteiger charge is 2.25. The Labute approximate surface area is 133 Å². The first-order valence-corrected chi connectivity index (χ1v) is 7.36. The molecular weight excluding hydrogens is 298 g/mol. The van der Waals surface area contributed by atoms with Gasteiger partial charge in [0.15, 0.2) is 0 Å². The summed E-state index contributed by atoms with van der Waals surface area (Å²) >= 11 is 0. The van der Waals surface area contributed by atoms with Crippen LogP contribution >= 0.6 is 0 Å². The Bertz CT molecular complexity index is 813. The number of carboxylic acid groups (broad SMARTS) is 1. The number of aromatic nitrogens is 2. The summed E-state index contributed by atoms with van der Waals surface area (Å²) in [5, 5.41) is 9.00. The van der Waals surface area contributed by atoms with E-state index >= 15 is 0 Å². The maximum atomic E-state index is 12.6. The first-order valence-electron chi connectivity index (χ1n) is 7.36. The highest BCUT2D eigenvalue weighted by Crippen LogP contribution is 2.09. The molecular formula is C16H19N3O4. The van der Waals surface area contributed by atoms with Gasteiger partial charge in [-0.3, -0.25) is 18.8 Å². The minimum Gasteiger partial charge on any atom is -0.480 e. The molecule has 7 nitrogen and oxygen atoms in total. The molecule has 1 amide bonds. The van der Waals surface area contributed by atoms with Crippen molar-refractivity contribution in [3.63, 3.8) is 0 Å². The Kier molecular flexibility index (Phi) is 4.78. The van der Waals surface area contributed by atoms with Gasteiger partial charge in [-0.15, -0.1) is 0 Å². The summed E-state index contributed by atoms with van der Waals surface area (Å²) in [6.45, 7) is 5.02. The second kappa shape index (κ2) is 6.60. The van der Waals surface area contributed by atoms with Gasteiger partial charge in [-0.25, -0.2) is 4.98 Å². The summed E-state index contributed by atoms with van der Waals surface area (Å²) in [6, 6.07) is 3.18. The van der Waals surface area contributed by atoms with Crippen molar-refractivity contribution < 1.29 is 14.7 Å². The van der Waals surface area contributed by atoms with Crippen molar-refractivity contribution in [1.82, 2.24) is 14.3 Å². The Morgan fingerprint density at radius 3 is 2.74 bits per heavy atom. The molecule has 0 aliphatic rings. The van der Waals surface area contributed by atoms with Crippen LogP contribution in [-0.4, -0.2) is 43.9 Å². The van der Waals surface area contributed by atoms with Crippen LogP contribution in [0.3, 0.4) is 0 Å². The zero-order valence-corrected chi connectivity index (χ0v) is 13.3. The molecule has 0 aliphatic carbocycles. The molecule has 0 aromatic carbocycles. The van der Waals surface area contributed by atoms with Crippen LogP contribution in [0.4, 0.5) is 0 Å². The van der Waals surface area contributed by atoms with Gasteiger partial charge in [0, 0.05) is 18.4 Å². The summed E-state index contributed by atoms with van der Waals surface area (Å²) in [5.41, 5.74) is 0.759. The van der Waals surface area contributed by atoms with Crippen molar-refractivity contribution in [3.05, 3.63) is 46.0 Å². The second-order valence-electron chi connectivity index (χ2n) is 5.49. The Balaban J connectivity index is 2.51. The highest BCUT2D eigenvalue weighted by atomic mass is 16.4. The normalized spacial score (nSPS) is 12.1. The molecule has 0 aliphatic heterocycles. The monoisotopic (exact) mass is 317 g/mol. The lowest BCUT2D eigenvalue weighted by atomic mass is 10.1. The smallest absolute Gasteiger partial charge is 0.323 e. The van der Waals surface area contributed by atoms with Gasteiger partial charge in [-0.1, -0.05) is 6.92 Å². The third kappa shape index (κ3) is 3.39. The molecule has 0 bridgehead atoms. The van der Waals surface area contributed by atoms with Gasteiger partial charge >= 0.3 is 5.97 Å². The van der Waals surface area contributed by atoms with Gasteiger partial charge in [0.25, 0.3) is 11.5 Å². The van der Waals surface area contributed by atoms with E-state index in [0.29, 0.717) is 12.1 Å². The zero-order valence-electron chi connectivity index (χ0n) is 13.3. The van der Waals surface area contributed by atoms with E-state index in [4.69, 9.17) is 5.11 Å². The number of nitrogens with zero attached hydrogens (tertiary/aromatic N) is 3. The Morgan fingerprint density at radius 2 is 2.13 bits per heavy atom. The second-order valence-corrected chi connectivity index (χ2v) is 5.49. The van der Waals surface area contributed by atoms with E-state index in [9.17, 15) is 14.4 Å². The summed E-state index contributed by atoms with van der Waals surface area (Å²) in [4.78, 5) is 41.5. The molecule has 23 heavy (non-hydrogen) atoms. The fourth-order valence-electron chi connectivity index (χ4n) is 2.27. The van der Waals surface area contributed by atoms with Crippen molar-refractivity contribution >= 4 is 17.5 Å². The van der Waals surface area contributed by atoms with E-state index in [1.54, 1.807) is 25.3 Å². The average Bonchev–Trinajstić information content (AvgIpc) is 2.51. The number of carboxylic acids is 1. The van der Waals surface area contributed by atoms with Crippen LogP contribution in [0.5, 0.6) is 0 Å². The molecule has 2 heterocycles. The van der Waals surface area contributed by atoms with Gasteiger partial charge in [0.2, 0.25) is 0 Å². The molecule has 2 aromatic heterocycles. The molecule has 1 unspecified atom stereocenters. The van der Waals surface area contributed by atoms with Crippen molar-refractivity contribution in [1.29, 1.82) is 0 Å². The van der Waals surface area contributed by atoms with E-state index in [2.05, 4.69) is 4.98 Å². The van der Waals surface area contributed by atoms with Crippen LogP contribution in [0.15, 0.2) is 29.3 Å². The molecule has 7 heteroatoms. The number of pyridine rings is 1. The van der Waals surface area contributed by atoms with Gasteiger partial charge < -0.3 is 10.0 Å². The van der Waals surface area contributed by atoms with Crippen LogP contribution in [0.2, 0.25) is 0 Å². The molecule has 1 atom stereocenters. The quantitative estimate of drug-likeness (QED) is 0.898. The summed E-state index contributed by atoms with van der Waals surface area (Å²) < 4.78 is 1.29. The Hall–Kier alpha value is -2.70. The molecule has 0 saturated carbocycles. The van der Waals surface area contributed by atoms with E-state index < -0.39 is 24.0 Å². The standard InChI is InChI=1S/C16H19N3O4/c1-4-11(3)19(9-14(20)21)16(23)12-8-17-13-7-10(2)5-6-18(13)15(12)22/h5-8,11H,4,9H2,1-3H3,(H,20,21). The van der Waals surface area contributed by atoms with Crippen LogP contribution in [0.1, 0.15) is 36.2 Å². The van der Waals surface area contributed by atoms with E-state index in [1.165, 1.54) is 15.5 Å². The lowest BCUT2D eigenvalue weighted by molar-refractivity contribution is -0.138. The SMILES string of the molecule is CCC(C)N(CC(=O)O)C(=O)c1cnc2cc(C)ccn2c1=O. The number of carbonyl (C=O) groups excluding carboxylic acids is 1. The Morgan fingerprint density at radius 1 is 1.43 bits per heavy atom. The lowest BCUT2D eigenvalue weighted by Gasteiger charge is -2.26. The predicted octanol–water partition coefficient (Wildman–Crippen LogP) is 1.33. The molecule has 0 fully saturated rings. The van der Waals surface area contributed by atoms with Gasteiger partial charge in [0.1, 0.15) is 17.8 Å². The van der Waals surface area contributed by atoms with Gasteiger partial charge in [0.05, 0.1) is 0 Å². The number of amides is 1. The van der Waals surface area contributed by atoms with Gasteiger partial charge in [-0.05, 0) is 38.0 Å². The third-order valence-electron chi connectivity index (χ3n) is 3.78. The highest BCUT2D eigenvalue weighted by molar-refractivity contribution is 5.95. The largest absolute Gasteiger partial charge is 0.480 e. The van der Waals surface area contributed by atoms with Gasteiger partial charge in [-0.2, -0.15) is 0 Å². The predicted molar refractivity (Wildman–Crippen MR) is 84.6 cm³/mol. The number of aliphatic carboxylic acids is 1. The molecule has 122 valence electrons. The van der Waals surface area contributed by atoms with Crippen molar-refractivity contribution in [2.24, 2.45) is 0 Å². The van der Waals surface area contributed by atoms with Crippen LogP contribution in [-0.2, 0) is 4.79 Å². The maximum absolute atomic E-state index is 12.6. The van der Waals surface area contributed by atoms with E-state index in [0.717, 1.165) is 5.56 Å². The number of aryl methyl sites for hydroxylation is 1. The summed E-state index contributed by atoms with van der Waals surface area (Å²) in [5.74, 6) is -1.74. The number of fused-ring (bicyclic) bond motifs is 1. The molecule has 0 radical (unpaired) electrons. The first-order chi connectivity index (χ1) is 10.8. The molecule has 1 N–H and O–H groups in total. The fourth-order valence-corrected chi connectivity index (χ4v) is 2.27. The average molecular weight is 317 g/mol. The third-order valence-corrected chi connectivity index (χ3v) is 3.78. The number of hydrogen-bond donors (Lipinski definition) is 1. The zero-order chi connectivity index (χ0) is 17.1. The lowest BCUT2D eigenvalue weighted by Crippen LogP contribution is -2.44. The van der Waals surface area contributed by atoms with E-state index in [1.807, 2.05) is 13.8 Å². The summed E-state index contributed by atoms with van der Waals surface area (Å²) in [6.07, 6.45) is 3.36. The maximum Gasteiger partial charge on any atom is 0.323 e. The van der Waals surface area contributed by atoms with Crippen LogP contribution in [0.25, 0.3) is 5.65 Å². The first kappa shape index (κ1) is 16.7. The van der Waals surface area contributed by atoms with Crippen LogP contribution in [0, 0.1) is 6.92 Å². The molecule has 0 saturated heterocycles. The number of carbonyl (C=O) groups is 2. The minimum absolute atomic E-state index is 0.132. The fraction of sp³-hybridized carbons (Fsp3) is 0.375. The molecule has 0 spiro atoms. The summed E-state index contributed by atoms with van der Waals surface area (Å²) in [7, 11) is 0. The minimum atomic E-state index is -1.12. The van der Waals surface area contributed by atoms with Crippen LogP contribution < -0.4 is 5.56 Å². The van der Waals surface area contributed by atoms with Crippen molar-refractivity contribution in [3.8, 4) is 0 Å². The number of rotatable bonds is 5. The van der Waals surface area contributed by atoms with Crippen molar-refractivity contribution in [2.45, 2.75) is 33.2 Å².